The highest BCUT2D eigenvalue weighted by Gasteiger charge is 2.17. The van der Waals surface area contributed by atoms with Crippen molar-refractivity contribution < 1.29 is 28.5 Å². The lowest BCUT2D eigenvalue weighted by molar-refractivity contribution is -0.146. The lowest BCUT2D eigenvalue weighted by Crippen LogP contribution is -2.26. The molecule has 54 heavy (non-hydrogen) atoms. The molecule has 6 nitrogen and oxygen atoms in total. The molecule has 3 aromatic rings. The number of unbranched alkanes of at least 4 members (excludes halogenated alkanes) is 18. The fraction of sp³-hybridized carbons (Fsp3) is 0.583. The van der Waals surface area contributed by atoms with Gasteiger partial charge in [-0.15, -0.1) is 0 Å². The van der Waals surface area contributed by atoms with E-state index in [9.17, 15) is 9.59 Å². The highest BCUT2D eigenvalue weighted by atomic mass is 16.6. The molecule has 0 radical (unpaired) electrons. The zero-order valence-electron chi connectivity index (χ0n) is 34.4. The first kappa shape index (κ1) is 44.8. The lowest BCUT2D eigenvalue weighted by atomic mass is 10.0. The Bertz CT molecular complexity index is 1440. The molecule has 0 spiro atoms. The molecule has 0 aliphatic rings. The van der Waals surface area contributed by atoms with Crippen LogP contribution in [0.2, 0.25) is 0 Å². The topological polar surface area (TPSA) is 71.1 Å². The van der Waals surface area contributed by atoms with Crippen LogP contribution in [0.5, 0.6) is 17.2 Å². The molecule has 0 aliphatic carbocycles. The van der Waals surface area contributed by atoms with Crippen molar-refractivity contribution in [1.29, 1.82) is 0 Å². The van der Waals surface area contributed by atoms with Crippen molar-refractivity contribution in [2.45, 2.75) is 169 Å². The van der Waals surface area contributed by atoms with E-state index in [4.69, 9.17) is 18.9 Å². The van der Waals surface area contributed by atoms with Crippen LogP contribution in [0.1, 0.15) is 171 Å². The molecule has 0 aliphatic heterocycles. The van der Waals surface area contributed by atoms with Crippen LogP contribution in [-0.4, -0.2) is 31.3 Å². The molecule has 6 heteroatoms. The van der Waals surface area contributed by atoms with Crippen molar-refractivity contribution in [3.63, 3.8) is 0 Å². The first-order chi connectivity index (χ1) is 26.3. The molecule has 1 unspecified atom stereocenters. The van der Waals surface area contributed by atoms with Crippen molar-refractivity contribution >= 4 is 11.9 Å². The van der Waals surface area contributed by atoms with Crippen LogP contribution in [0.4, 0.5) is 0 Å². The average Bonchev–Trinajstić information content (AvgIpc) is 3.17. The summed E-state index contributed by atoms with van der Waals surface area (Å²) in [4.78, 5) is 25.6. The van der Waals surface area contributed by atoms with Crippen LogP contribution in [0, 0.1) is 13.8 Å². The Balaban J connectivity index is 1.35. The monoisotopic (exact) mass is 743 g/mol. The highest BCUT2D eigenvalue weighted by Crippen LogP contribution is 2.28. The third kappa shape index (κ3) is 17.7. The second-order valence-corrected chi connectivity index (χ2v) is 15.0. The van der Waals surface area contributed by atoms with E-state index in [1.54, 1.807) is 31.2 Å². The summed E-state index contributed by atoms with van der Waals surface area (Å²) < 4.78 is 23.2. The number of aryl methyl sites for hydroxylation is 2. The fourth-order valence-electron chi connectivity index (χ4n) is 6.77. The van der Waals surface area contributed by atoms with Gasteiger partial charge in [0.2, 0.25) is 0 Å². The predicted octanol–water partition coefficient (Wildman–Crippen LogP) is 13.7. The van der Waals surface area contributed by atoms with Gasteiger partial charge in [-0.25, -0.2) is 9.59 Å². The summed E-state index contributed by atoms with van der Waals surface area (Å²) in [6.07, 6.45) is 24.9. The van der Waals surface area contributed by atoms with Gasteiger partial charge in [0.15, 0.2) is 6.10 Å². The second kappa shape index (κ2) is 27.0. The van der Waals surface area contributed by atoms with Gasteiger partial charge in [-0.05, 0) is 92.3 Å². The van der Waals surface area contributed by atoms with Crippen molar-refractivity contribution in [1.82, 2.24) is 0 Å². The molecular weight excluding hydrogens is 673 g/mol. The number of hydrogen-bond acceptors (Lipinski definition) is 6. The van der Waals surface area contributed by atoms with Crippen molar-refractivity contribution in [3.05, 3.63) is 77.4 Å². The average molecular weight is 743 g/mol. The maximum atomic E-state index is 13.1. The highest BCUT2D eigenvalue weighted by molar-refractivity contribution is 5.92. The maximum Gasteiger partial charge on any atom is 0.343 e. The summed E-state index contributed by atoms with van der Waals surface area (Å²) >= 11 is 0. The molecule has 0 heterocycles. The van der Waals surface area contributed by atoms with E-state index in [-0.39, 0.29) is 0 Å². The van der Waals surface area contributed by atoms with Crippen LogP contribution >= 0.6 is 0 Å². The summed E-state index contributed by atoms with van der Waals surface area (Å²) in [7, 11) is 0. The van der Waals surface area contributed by atoms with Gasteiger partial charge in [0, 0.05) is 6.61 Å². The minimum Gasteiger partial charge on any atom is -0.493 e. The Morgan fingerprint density at radius 3 is 1.35 bits per heavy atom. The molecule has 3 aromatic carbocycles. The van der Waals surface area contributed by atoms with Gasteiger partial charge in [0.05, 0.1) is 12.2 Å². The summed E-state index contributed by atoms with van der Waals surface area (Å²) in [5.74, 6) is 1.01. The minimum absolute atomic E-state index is 0.391. The van der Waals surface area contributed by atoms with Gasteiger partial charge >= 0.3 is 11.9 Å². The van der Waals surface area contributed by atoms with Crippen molar-refractivity contribution in [3.8, 4) is 28.4 Å². The molecule has 0 saturated carbocycles. The molecule has 0 saturated heterocycles. The van der Waals surface area contributed by atoms with Gasteiger partial charge in [0.25, 0.3) is 0 Å². The molecule has 0 fully saturated rings. The Kier molecular flexibility index (Phi) is 22.4. The maximum absolute atomic E-state index is 13.1. The number of carbonyl (C=O) groups is 2. The predicted molar refractivity (Wildman–Crippen MR) is 223 cm³/mol. The molecule has 1 atom stereocenters. The molecule has 298 valence electrons. The van der Waals surface area contributed by atoms with E-state index in [2.05, 4.69) is 13.8 Å². The third-order valence-corrected chi connectivity index (χ3v) is 10.1. The van der Waals surface area contributed by atoms with Crippen molar-refractivity contribution in [2.24, 2.45) is 0 Å². The summed E-state index contributed by atoms with van der Waals surface area (Å²) in [5.41, 5.74) is 4.28. The van der Waals surface area contributed by atoms with Gasteiger partial charge < -0.3 is 18.9 Å². The van der Waals surface area contributed by atoms with Crippen LogP contribution in [0.3, 0.4) is 0 Å². The Morgan fingerprint density at radius 2 is 0.907 bits per heavy atom. The minimum atomic E-state index is -0.614. The molecule has 3 rings (SSSR count). The standard InChI is InChI=1S/C48H70O6/c1-6-8-10-12-14-16-18-20-22-24-34-51-40(5)47(49)53-44-30-26-41(27-31-44)42-28-32-45(33-29-42)54-48(50)43-36-38(3)46(39(4)37-43)52-35-25-23-21-19-17-15-13-11-9-7-2/h26-33,36-37,40H,6-25,34-35H2,1-5H3. The quantitative estimate of drug-likeness (QED) is 0.0401. The van der Waals surface area contributed by atoms with E-state index in [1.165, 1.54) is 109 Å². The first-order valence-electron chi connectivity index (χ1n) is 21.3. The number of esters is 2. The van der Waals surface area contributed by atoms with Crippen LogP contribution in [0.15, 0.2) is 60.7 Å². The van der Waals surface area contributed by atoms with Crippen molar-refractivity contribution in [2.75, 3.05) is 13.2 Å². The first-order valence-corrected chi connectivity index (χ1v) is 21.3. The number of rotatable bonds is 29. The molecular formula is C48H70O6. The number of carbonyl (C=O) groups excluding carboxylic acids is 2. The van der Waals surface area contributed by atoms with Crippen LogP contribution in [0.25, 0.3) is 11.1 Å². The lowest BCUT2D eigenvalue weighted by Gasteiger charge is -2.14. The van der Waals surface area contributed by atoms with E-state index in [0.29, 0.717) is 30.3 Å². The van der Waals surface area contributed by atoms with Gasteiger partial charge in [-0.3, -0.25) is 0 Å². The Morgan fingerprint density at radius 1 is 0.519 bits per heavy atom. The van der Waals surface area contributed by atoms with Crippen LogP contribution in [-0.2, 0) is 9.53 Å². The number of hydrogen-bond donors (Lipinski definition) is 0. The van der Waals surface area contributed by atoms with Crippen LogP contribution < -0.4 is 14.2 Å². The number of ether oxygens (including phenoxy) is 4. The smallest absolute Gasteiger partial charge is 0.343 e. The van der Waals surface area contributed by atoms with Gasteiger partial charge in [-0.2, -0.15) is 0 Å². The molecule has 0 aromatic heterocycles. The summed E-state index contributed by atoms with van der Waals surface area (Å²) in [6.45, 7) is 11.5. The Hall–Kier alpha value is -3.64. The second-order valence-electron chi connectivity index (χ2n) is 15.0. The van der Waals surface area contributed by atoms with E-state index < -0.39 is 18.0 Å². The van der Waals surface area contributed by atoms with E-state index in [0.717, 1.165) is 47.3 Å². The fourth-order valence-corrected chi connectivity index (χ4v) is 6.77. The zero-order chi connectivity index (χ0) is 38.8. The Labute approximate surface area is 327 Å². The normalized spacial score (nSPS) is 11.7. The van der Waals surface area contributed by atoms with E-state index >= 15 is 0 Å². The largest absolute Gasteiger partial charge is 0.493 e. The molecule has 0 amide bonds. The summed E-state index contributed by atoms with van der Waals surface area (Å²) in [6, 6.07) is 18.5. The van der Waals surface area contributed by atoms with Gasteiger partial charge in [-0.1, -0.05) is 154 Å². The molecule has 0 bridgehead atoms. The SMILES string of the molecule is CCCCCCCCCCCCOc1c(C)cc(C(=O)Oc2ccc(-c3ccc(OC(=O)C(C)OCCCCCCCCCCCC)cc3)cc2)cc1C. The zero-order valence-corrected chi connectivity index (χ0v) is 34.4. The number of benzene rings is 3. The third-order valence-electron chi connectivity index (χ3n) is 10.1. The van der Waals surface area contributed by atoms with Gasteiger partial charge in [0.1, 0.15) is 17.2 Å². The molecule has 0 N–H and O–H groups in total. The summed E-state index contributed by atoms with van der Waals surface area (Å²) in [5, 5.41) is 0. The van der Waals surface area contributed by atoms with E-state index in [1.807, 2.05) is 50.2 Å².